The molecule has 1 rings (SSSR count). The van der Waals surface area contributed by atoms with Crippen molar-refractivity contribution in [3.63, 3.8) is 0 Å². The predicted molar refractivity (Wildman–Crippen MR) is 54.9 cm³/mol. The normalized spacial score (nSPS) is 12.0. The number of hydrogen-bond donors (Lipinski definition) is 1. The molecule has 88 valence electrons. The molecule has 0 aromatic heterocycles. The number of carbonyl (C=O) groups is 1. The molecule has 0 spiro atoms. The Kier molecular flexibility index (Phi) is 4.22. The molecule has 1 atom stereocenters. The standard InChI is InChI=1S/C11H13F2NO2/c1-3-16-11(15)14-7(2)9-5-4-8(12)6-10(9)13/h4-7H,3H2,1-2H3,(H,14,15). The van der Waals surface area contributed by atoms with Crippen LogP contribution in [0.25, 0.3) is 0 Å². The Balaban J connectivity index is 2.72. The van der Waals surface area contributed by atoms with Crippen LogP contribution in [0.5, 0.6) is 0 Å². The molecule has 0 radical (unpaired) electrons. The van der Waals surface area contributed by atoms with E-state index in [0.29, 0.717) is 0 Å². The summed E-state index contributed by atoms with van der Waals surface area (Å²) in [5, 5.41) is 2.43. The van der Waals surface area contributed by atoms with Gasteiger partial charge >= 0.3 is 6.09 Å². The lowest BCUT2D eigenvalue weighted by atomic mass is 10.1. The summed E-state index contributed by atoms with van der Waals surface area (Å²) in [6.07, 6.45) is -0.626. The molecule has 1 unspecified atom stereocenters. The lowest BCUT2D eigenvalue weighted by molar-refractivity contribution is 0.148. The Morgan fingerprint density at radius 2 is 2.19 bits per heavy atom. The fourth-order valence-corrected chi connectivity index (χ4v) is 1.28. The minimum atomic E-state index is -0.690. The second kappa shape index (κ2) is 5.44. The van der Waals surface area contributed by atoms with Crippen LogP contribution in [0.1, 0.15) is 25.5 Å². The molecule has 0 aliphatic carbocycles. The minimum Gasteiger partial charge on any atom is -0.450 e. The third-order valence-corrected chi connectivity index (χ3v) is 2.04. The second-order valence-corrected chi connectivity index (χ2v) is 3.25. The first-order valence-corrected chi connectivity index (χ1v) is 4.92. The maximum absolute atomic E-state index is 13.3. The summed E-state index contributed by atoms with van der Waals surface area (Å²) in [5.41, 5.74) is 0.217. The van der Waals surface area contributed by atoms with Gasteiger partial charge < -0.3 is 10.1 Å². The summed E-state index contributed by atoms with van der Waals surface area (Å²) in [7, 11) is 0. The summed E-state index contributed by atoms with van der Waals surface area (Å²) in [6.45, 7) is 3.50. The van der Waals surface area contributed by atoms with E-state index >= 15 is 0 Å². The maximum atomic E-state index is 13.3. The second-order valence-electron chi connectivity index (χ2n) is 3.25. The Labute approximate surface area is 92.4 Å². The van der Waals surface area contributed by atoms with E-state index in [9.17, 15) is 13.6 Å². The number of alkyl carbamates (subject to hydrolysis) is 1. The van der Waals surface area contributed by atoms with Crippen molar-refractivity contribution in [3.8, 4) is 0 Å². The van der Waals surface area contributed by atoms with Crippen molar-refractivity contribution in [3.05, 3.63) is 35.4 Å². The Hall–Kier alpha value is -1.65. The molecular formula is C11H13F2NO2. The highest BCUT2D eigenvalue weighted by atomic mass is 19.1. The summed E-state index contributed by atoms with van der Waals surface area (Å²) < 4.78 is 30.6. The highest BCUT2D eigenvalue weighted by molar-refractivity contribution is 5.67. The summed E-state index contributed by atoms with van der Waals surface area (Å²) in [5.74, 6) is -1.34. The van der Waals surface area contributed by atoms with Crippen LogP contribution in [0.2, 0.25) is 0 Å². The number of halogens is 2. The molecule has 0 aliphatic rings. The Bertz CT molecular complexity index is 382. The summed E-state index contributed by atoms with van der Waals surface area (Å²) in [4.78, 5) is 11.1. The Morgan fingerprint density at radius 1 is 1.50 bits per heavy atom. The van der Waals surface area contributed by atoms with Crippen molar-refractivity contribution in [1.29, 1.82) is 0 Å². The zero-order chi connectivity index (χ0) is 12.1. The van der Waals surface area contributed by atoms with Crippen molar-refractivity contribution < 1.29 is 18.3 Å². The number of hydrogen-bond acceptors (Lipinski definition) is 2. The van der Waals surface area contributed by atoms with E-state index in [1.54, 1.807) is 13.8 Å². The molecule has 5 heteroatoms. The van der Waals surface area contributed by atoms with Crippen LogP contribution in [0.3, 0.4) is 0 Å². The molecule has 16 heavy (non-hydrogen) atoms. The molecule has 0 aliphatic heterocycles. The third-order valence-electron chi connectivity index (χ3n) is 2.04. The summed E-state index contributed by atoms with van der Waals surface area (Å²) >= 11 is 0. The number of carbonyl (C=O) groups excluding carboxylic acids is 1. The maximum Gasteiger partial charge on any atom is 0.407 e. The SMILES string of the molecule is CCOC(=O)NC(C)c1ccc(F)cc1F. The first kappa shape index (κ1) is 12.4. The average molecular weight is 229 g/mol. The smallest absolute Gasteiger partial charge is 0.407 e. The van der Waals surface area contributed by atoms with Crippen LogP contribution in [0.15, 0.2) is 18.2 Å². The third kappa shape index (κ3) is 3.18. The van der Waals surface area contributed by atoms with Crippen molar-refractivity contribution >= 4 is 6.09 Å². The van der Waals surface area contributed by atoms with E-state index in [4.69, 9.17) is 0 Å². The zero-order valence-corrected chi connectivity index (χ0v) is 9.09. The van der Waals surface area contributed by atoms with Gasteiger partial charge in [-0.2, -0.15) is 0 Å². The molecular weight excluding hydrogens is 216 g/mol. The van der Waals surface area contributed by atoms with Crippen LogP contribution >= 0.6 is 0 Å². The van der Waals surface area contributed by atoms with E-state index < -0.39 is 23.8 Å². The molecule has 1 aromatic carbocycles. The molecule has 1 aromatic rings. The fourth-order valence-electron chi connectivity index (χ4n) is 1.28. The predicted octanol–water partition coefficient (Wildman–Crippen LogP) is 2.77. The molecule has 0 saturated heterocycles. The van der Waals surface area contributed by atoms with Gasteiger partial charge in [-0.25, -0.2) is 13.6 Å². The van der Waals surface area contributed by atoms with Gasteiger partial charge in [0.15, 0.2) is 0 Å². The highest BCUT2D eigenvalue weighted by Crippen LogP contribution is 2.17. The lowest BCUT2D eigenvalue weighted by Gasteiger charge is -2.14. The first-order chi connectivity index (χ1) is 7.54. The van der Waals surface area contributed by atoms with Crippen molar-refractivity contribution in [2.45, 2.75) is 19.9 Å². The van der Waals surface area contributed by atoms with Crippen LogP contribution in [-0.4, -0.2) is 12.7 Å². The number of nitrogens with one attached hydrogen (secondary N) is 1. The number of benzene rings is 1. The van der Waals surface area contributed by atoms with Crippen molar-refractivity contribution in [2.75, 3.05) is 6.61 Å². The van der Waals surface area contributed by atoms with Gasteiger partial charge in [0.05, 0.1) is 12.6 Å². The van der Waals surface area contributed by atoms with Gasteiger partial charge in [0.1, 0.15) is 11.6 Å². The van der Waals surface area contributed by atoms with Crippen LogP contribution in [0.4, 0.5) is 13.6 Å². The van der Waals surface area contributed by atoms with E-state index in [0.717, 1.165) is 12.1 Å². The molecule has 3 nitrogen and oxygen atoms in total. The van der Waals surface area contributed by atoms with Gasteiger partial charge in [-0.3, -0.25) is 0 Å². The van der Waals surface area contributed by atoms with Crippen LogP contribution in [-0.2, 0) is 4.74 Å². The highest BCUT2D eigenvalue weighted by Gasteiger charge is 2.14. The van der Waals surface area contributed by atoms with E-state index in [2.05, 4.69) is 10.1 Å². The van der Waals surface area contributed by atoms with Gasteiger partial charge in [-0.15, -0.1) is 0 Å². The first-order valence-electron chi connectivity index (χ1n) is 4.92. The number of amides is 1. The molecule has 0 bridgehead atoms. The summed E-state index contributed by atoms with van der Waals surface area (Å²) in [6, 6.07) is 2.64. The van der Waals surface area contributed by atoms with Gasteiger partial charge in [-0.1, -0.05) is 6.07 Å². The average Bonchev–Trinajstić information content (AvgIpc) is 2.17. The van der Waals surface area contributed by atoms with Crippen molar-refractivity contribution in [1.82, 2.24) is 5.32 Å². The lowest BCUT2D eigenvalue weighted by Crippen LogP contribution is -2.27. The fraction of sp³-hybridized carbons (Fsp3) is 0.364. The van der Waals surface area contributed by atoms with Crippen LogP contribution < -0.4 is 5.32 Å². The molecule has 1 amide bonds. The largest absolute Gasteiger partial charge is 0.450 e. The molecule has 0 fully saturated rings. The van der Waals surface area contributed by atoms with E-state index in [-0.39, 0.29) is 12.2 Å². The minimum absolute atomic E-state index is 0.217. The number of rotatable bonds is 3. The topological polar surface area (TPSA) is 38.3 Å². The molecule has 0 saturated carbocycles. The molecule has 1 N–H and O–H groups in total. The zero-order valence-electron chi connectivity index (χ0n) is 9.09. The van der Waals surface area contributed by atoms with E-state index in [1.807, 2.05) is 0 Å². The van der Waals surface area contributed by atoms with Gasteiger partial charge in [0.25, 0.3) is 0 Å². The molecule has 0 heterocycles. The van der Waals surface area contributed by atoms with Gasteiger partial charge in [-0.05, 0) is 19.9 Å². The number of ether oxygens (including phenoxy) is 1. The van der Waals surface area contributed by atoms with Gasteiger partial charge in [0.2, 0.25) is 0 Å². The Morgan fingerprint density at radius 3 is 2.75 bits per heavy atom. The van der Waals surface area contributed by atoms with Crippen LogP contribution in [0, 0.1) is 11.6 Å². The van der Waals surface area contributed by atoms with Crippen molar-refractivity contribution in [2.24, 2.45) is 0 Å². The quantitative estimate of drug-likeness (QED) is 0.865. The van der Waals surface area contributed by atoms with E-state index in [1.165, 1.54) is 6.07 Å². The van der Waals surface area contributed by atoms with Gasteiger partial charge in [0, 0.05) is 11.6 Å². The monoisotopic (exact) mass is 229 g/mol.